The minimum atomic E-state index is -0.329. The molecule has 0 spiro atoms. The maximum atomic E-state index is 12.8. The van der Waals surface area contributed by atoms with Crippen molar-refractivity contribution in [3.8, 4) is 0 Å². The summed E-state index contributed by atoms with van der Waals surface area (Å²) in [5.74, 6) is 0.798. The van der Waals surface area contributed by atoms with Crippen molar-refractivity contribution in [2.45, 2.75) is 50.6 Å². The summed E-state index contributed by atoms with van der Waals surface area (Å²) in [4.78, 5) is 29.0. The molecule has 2 amide bonds. The molecule has 25 heavy (non-hydrogen) atoms. The van der Waals surface area contributed by atoms with E-state index in [2.05, 4.69) is 47.8 Å². The highest BCUT2D eigenvalue weighted by atomic mass is 32.2. The molecule has 0 aliphatic carbocycles. The number of hydrogen-bond acceptors (Lipinski definition) is 5. The number of thiophene rings is 1. The van der Waals surface area contributed by atoms with Crippen LogP contribution in [0.25, 0.3) is 0 Å². The molecule has 5 nitrogen and oxygen atoms in total. The normalized spacial score (nSPS) is 27.0. The molecular formula is C18H27N3O2S2. The van der Waals surface area contributed by atoms with E-state index in [1.54, 1.807) is 23.1 Å². The number of carbonyl (C=O) groups excluding carboxylic acids is 2. The Labute approximate surface area is 158 Å². The molecule has 0 aromatic carbocycles. The Morgan fingerprint density at radius 1 is 1.48 bits per heavy atom. The molecule has 2 aliphatic heterocycles. The van der Waals surface area contributed by atoms with Crippen LogP contribution in [0.4, 0.5) is 0 Å². The Bertz CT molecular complexity index is 618. The second kappa shape index (κ2) is 7.68. The number of carbonyl (C=O) groups is 2. The van der Waals surface area contributed by atoms with Crippen molar-refractivity contribution in [1.29, 1.82) is 0 Å². The van der Waals surface area contributed by atoms with E-state index in [1.165, 1.54) is 5.56 Å². The van der Waals surface area contributed by atoms with Crippen LogP contribution < -0.4 is 5.32 Å². The first-order chi connectivity index (χ1) is 12.0. The van der Waals surface area contributed by atoms with Crippen LogP contribution in [-0.4, -0.2) is 57.9 Å². The van der Waals surface area contributed by atoms with Crippen LogP contribution in [0.2, 0.25) is 0 Å². The van der Waals surface area contributed by atoms with Crippen molar-refractivity contribution in [3.63, 3.8) is 0 Å². The number of amides is 2. The minimum Gasteiger partial charge on any atom is -0.352 e. The monoisotopic (exact) mass is 381 g/mol. The summed E-state index contributed by atoms with van der Waals surface area (Å²) in [5, 5.41) is 7.36. The molecule has 2 fully saturated rings. The molecule has 0 radical (unpaired) electrons. The van der Waals surface area contributed by atoms with Gasteiger partial charge in [0, 0.05) is 18.7 Å². The Hall–Kier alpha value is -1.05. The number of rotatable bonds is 7. The van der Waals surface area contributed by atoms with Crippen molar-refractivity contribution >= 4 is 34.9 Å². The van der Waals surface area contributed by atoms with Gasteiger partial charge in [0.15, 0.2) is 0 Å². The van der Waals surface area contributed by atoms with Crippen LogP contribution in [-0.2, 0) is 9.59 Å². The largest absolute Gasteiger partial charge is 0.352 e. The molecule has 138 valence electrons. The average Bonchev–Trinajstić information content (AvgIpc) is 3.30. The number of nitrogens with zero attached hydrogens (tertiary/aromatic N) is 2. The molecule has 3 rings (SSSR count). The van der Waals surface area contributed by atoms with E-state index in [0.717, 1.165) is 19.5 Å². The first-order valence-electron chi connectivity index (χ1n) is 9.00. The summed E-state index contributed by atoms with van der Waals surface area (Å²) in [6.45, 7) is 8.83. The number of fused-ring (bicyclic) bond motifs is 1. The predicted octanol–water partition coefficient (Wildman–Crippen LogP) is 2.70. The molecule has 3 unspecified atom stereocenters. The van der Waals surface area contributed by atoms with Crippen LogP contribution >= 0.6 is 23.1 Å². The number of nitrogens with one attached hydrogen (secondary N) is 1. The third-order valence-electron chi connectivity index (χ3n) is 5.40. The van der Waals surface area contributed by atoms with Crippen LogP contribution in [0.15, 0.2) is 16.8 Å². The molecule has 7 heteroatoms. The lowest BCUT2D eigenvalue weighted by Gasteiger charge is -2.32. The zero-order valence-electron chi connectivity index (χ0n) is 15.2. The van der Waals surface area contributed by atoms with Gasteiger partial charge in [-0.25, -0.2) is 0 Å². The van der Waals surface area contributed by atoms with Gasteiger partial charge in [-0.15, -0.1) is 11.8 Å². The van der Waals surface area contributed by atoms with E-state index < -0.39 is 0 Å². The number of hydrogen-bond donors (Lipinski definition) is 1. The van der Waals surface area contributed by atoms with E-state index in [0.29, 0.717) is 18.7 Å². The van der Waals surface area contributed by atoms with E-state index >= 15 is 0 Å². The Morgan fingerprint density at radius 2 is 2.24 bits per heavy atom. The molecule has 0 saturated carbocycles. The fourth-order valence-electron chi connectivity index (χ4n) is 3.92. The van der Waals surface area contributed by atoms with Crippen molar-refractivity contribution in [2.75, 3.05) is 25.4 Å². The third-order valence-corrected chi connectivity index (χ3v) is 7.60. The van der Waals surface area contributed by atoms with Gasteiger partial charge in [-0.2, -0.15) is 11.3 Å². The van der Waals surface area contributed by atoms with Gasteiger partial charge in [-0.3, -0.25) is 14.5 Å². The molecular weight excluding hydrogens is 354 g/mol. The Kier molecular flexibility index (Phi) is 5.75. The SMILES string of the molecule is CCN(CC)C(CNC(=O)C1CSC2(C)CCC(=O)N12)c1ccsc1. The average molecular weight is 382 g/mol. The van der Waals surface area contributed by atoms with Crippen molar-refractivity contribution in [2.24, 2.45) is 0 Å². The fourth-order valence-corrected chi connectivity index (χ4v) is 6.06. The van der Waals surface area contributed by atoms with Gasteiger partial charge >= 0.3 is 0 Å². The maximum Gasteiger partial charge on any atom is 0.243 e. The van der Waals surface area contributed by atoms with Crippen molar-refractivity contribution in [3.05, 3.63) is 22.4 Å². The smallest absolute Gasteiger partial charge is 0.243 e. The van der Waals surface area contributed by atoms with Crippen LogP contribution in [0.5, 0.6) is 0 Å². The van der Waals surface area contributed by atoms with Gasteiger partial charge in [-0.1, -0.05) is 13.8 Å². The van der Waals surface area contributed by atoms with Gasteiger partial charge in [0.25, 0.3) is 0 Å². The van der Waals surface area contributed by atoms with Gasteiger partial charge in [0.1, 0.15) is 6.04 Å². The van der Waals surface area contributed by atoms with Gasteiger partial charge in [0.2, 0.25) is 11.8 Å². The maximum absolute atomic E-state index is 12.8. The van der Waals surface area contributed by atoms with E-state index in [-0.39, 0.29) is 28.8 Å². The summed E-state index contributed by atoms with van der Waals surface area (Å²) < 4.78 is 0. The van der Waals surface area contributed by atoms with Gasteiger partial charge in [-0.05, 0) is 48.8 Å². The van der Waals surface area contributed by atoms with Crippen LogP contribution in [0.3, 0.4) is 0 Å². The fraction of sp³-hybridized carbons (Fsp3) is 0.667. The lowest BCUT2D eigenvalue weighted by Crippen LogP contribution is -2.51. The second-order valence-corrected chi connectivity index (χ2v) is 9.09. The highest BCUT2D eigenvalue weighted by Gasteiger charge is 2.52. The Balaban J connectivity index is 1.67. The quantitative estimate of drug-likeness (QED) is 0.789. The van der Waals surface area contributed by atoms with Gasteiger partial charge < -0.3 is 10.2 Å². The summed E-state index contributed by atoms with van der Waals surface area (Å²) in [6, 6.07) is 1.98. The van der Waals surface area contributed by atoms with Gasteiger partial charge in [0.05, 0.1) is 10.9 Å². The van der Waals surface area contributed by atoms with Crippen molar-refractivity contribution in [1.82, 2.24) is 15.1 Å². The van der Waals surface area contributed by atoms with E-state index in [9.17, 15) is 9.59 Å². The summed E-state index contributed by atoms with van der Waals surface area (Å²) in [6.07, 6.45) is 1.40. The standard InChI is InChI=1S/C18H27N3O2S2/c1-4-20(5-2)14(13-7-9-24-11-13)10-19-17(23)15-12-25-18(3)8-6-16(22)21(15)18/h7,9,11,14-15H,4-6,8,10,12H2,1-3H3,(H,19,23). The highest BCUT2D eigenvalue weighted by Crippen LogP contribution is 2.47. The molecule has 3 atom stereocenters. The predicted molar refractivity (Wildman–Crippen MR) is 104 cm³/mol. The van der Waals surface area contributed by atoms with Crippen LogP contribution in [0, 0.1) is 0 Å². The minimum absolute atomic E-state index is 0.0149. The van der Waals surface area contributed by atoms with E-state index in [4.69, 9.17) is 0 Å². The molecule has 3 heterocycles. The zero-order chi connectivity index (χ0) is 18.0. The lowest BCUT2D eigenvalue weighted by atomic mass is 10.1. The first-order valence-corrected chi connectivity index (χ1v) is 10.9. The molecule has 1 aromatic heterocycles. The summed E-state index contributed by atoms with van der Waals surface area (Å²) in [5.41, 5.74) is 1.25. The molecule has 2 aliphatic rings. The summed E-state index contributed by atoms with van der Waals surface area (Å²) >= 11 is 3.42. The van der Waals surface area contributed by atoms with Crippen LogP contribution in [0.1, 0.15) is 45.2 Å². The third kappa shape index (κ3) is 3.59. The first kappa shape index (κ1) is 18.7. The Morgan fingerprint density at radius 3 is 2.88 bits per heavy atom. The highest BCUT2D eigenvalue weighted by molar-refractivity contribution is 8.01. The molecule has 1 aromatic rings. The van der Waals surface area contributed by atoms with Crippen molar-refractivity contribution < 1.29 is 9.59 Å². The summed E-state index contributed by atoms with van der Waals surface area (Å²) in [7, 11) is 0. The topological polar surface area (TPSA) is 52.7 Å². The number of thioether (sulfide) groups is 1. The lowest BCUT2D eigenvalue weighted by molar-refractivity contribution is -0.138. The molecule has 1 N–H and O–H groups in total. The van der Waals surface area contributed by atoms with E-state index in [1.807, 2.05) is 4.90 Å². The zero-order valence-corrected chi connectivity index (χ0v) is 16.8. The number of likely N-dealkylation sites (N-methyl/N-ethyl adjacent to an activating group) is 1. The second-order valence-electron chi connectivity index (χ2n) is 6.80. The molecule has 2 saturated heterocycles. The molecule has 0 bridgehead atoms.